The zero-order chi connectivity index (χ0) is 18.4. The summed E-state index contributed by atoms with van der Waals surface area (Å²) in [5, 5.41) is 16.3. The minimum absolute atomic E-state index is 0.163. The molecule has 0 bridgehead atoms. The molecule has 0 saturated carbocycles. The van der Waals surface area contributed by atoms with Gasteiger partial charge in [-0.25, -0.2) is 0 Å². The van der Waals surface area contributed by atoms with Crippen LogP contribution in [0.15, 0.2) is 18.3 Å². The number of nitrogens with one attached hydrogen (secondary N) is 2. The number of amides is 1. The van der Waals surface area contributed by atoms with Crippen LogP contribution in [0.1, 0.15) is 36.2 Å². The van der Waals surface area contributed by atoms with E-state index in [9.17, 15) is 4.79 Å². The Morgan fingerprint density at radius 3 is 2.88 bits per heavy atom. The highest BCUT2D eigenvalue weighted by atomic mass is 32.1. The van der Waals surface area contributed by atoms with Crippen LogP contribution in [0.5, 0.6) is 0 Å². The maximum atomic E-state index is 12.4. The molecule has 0 aliphatic rings. The first-order valence-corrected chi connectivity index (χ1v) is 9.60. The van der Waals surface area contributed by atoms with Crippen molar-refractivity contribution in [3.8, 4) is 0 Å². The molecule has 0 unspecified atom stereocenters. The summed E-state index contributed by atoms with van der Waals surface area (Å²) in [7, 11) is 1.68. The molecule has 8 heteroatoms. The number of carbonyl (C=O) groups is 1. The second-order valence-electron chi connectivity index (χ2n) is 6.29. The van der Waals surface area contributed by atoms with Gasteiger partial charge in [-0.2, -0.15) is 12.6 Å². The lowest BCUT2D eigenvalue weighted by Crippen LogP contribution is -2.25. The van der Waals surface area contributed by atoms with Crippen molar-refractivity contribution in [1.82, 2.24) is 25.3 Å². The molecule has 0 aliphatic heterocycles. The maximum absolute atomic E-state index is 12.4. The van der Waals surface area contributed by atoms with Gasteiger partial charge in [0, 0.05) is 30.6 Å². The molecule has 2 N–H and O–H groups in total. The van der Waals surface area contributed by atoms with E-state index in [0.29, 0.717) is 18.8 Å². The maximum Gasteiger partial charge on any atom is 0.272 e. The molecular weight excluding hydrogens is 350 g/mol. The first kappa shape index (κ1) is 18.7. The molecule has 3 aromatic rings. The van der Waals surface area contributed by atoms with Crippen molar-refractivity contribution < 1.29 is 9.53 Å². The Morgan fingerprint density at radius 2 is 2.08 bits per heavy atom. The van der Waals surface area contributed by atoms with E-state index in [-0.39, 0.29) is 5.91 Å². The van der Waals surface area contributed by atoms with Gasteiger partial charge >= 0.3 is 0 Å². The summed E-state index contributed by atoms with van der Waals surface area (Å²) in [5.74, 6) is 0.754. The smallest absolute Gasteiger partial charge is 0.272 e. The van der Waals surface area contributed by atoms with E-state index < -0.39 is 0 Å². The molecule has 140 valence electrons. The van der Waals surface area contributed by atoms with Gasteiger partial charge in [0.2, 0.25) is 0 Å². The summed E-state index contributed by atoms with van der Waals surface area (Å²) in [5.41, 5.74) is 2.10. The quantitative estimate of drug-likeness (QED) is 0.376. The van der Waals surface area contributed by atoms with Crippen LogP contribution in [-0.2, 0) is 11.3 Å². The Balaban J connectivity index is 1.70. The van der Waals surface area contributed by atoms with E-state index in [0.717, 1.165) is 59.8 Å². The van der Waals surface area contributed by atoms with Crippen LogP contribution in [0.4, 0.5) is 0 Å². The lowest BCUT2D eigenvalue weighted by atomic mass is 10.1. The number of carbonyl (C=O) groups excluding carboxylic acids is 1. The molecule has 0 radical (unpaired) electrons. The molecule has 2 heterocycles. The molecular formula is C18H25N5O2S. The normalized spacial score (nSPS) is 11.5. The van der Waals surface area contributed by atoms with Crippen molar-refractivity contribution in [2.24, 2.45) is 0 Å². The minimum atomic E-state index is -0.163. The van der Waals surface area contributed by atoms with E-state index in [1.54, 1.807) is 7.11 Å². The number of rotatable bonds is 10. The highest BCUT2D eigenvalue weighted by Gasteiger charge is 2.17. The summed E-state index contributed by atoms with van der Waals surface area (Å²) >= 11 is 4.20. The second-order valence-corrected chi connectivity index (χ2v) is 6.74. The van der Waals surface area contributed by atoms with Crippen LogP contribution < -0.4 is 5.32 Å². The first-order valence-electron chi connectivity index (χ1n) is 8.97. The summed E-state index contributed by atoms with van der Waals surface area (Å²) in [6, 6.07) is 3.86. The highest BCUT2D eigenvalue weighted by Crippen LogP contribution is 2.25. The summed E-state index contributed by atoms with van der Waals surface area (Å²) in [6.07, 6.45) is 6.31. The minimum Gasteiger partial charge on any atom is -0.383 e. The molecule has 7 nitrogen and oxygen atoms in total. The SMILES string of the molecule is COCCn1cc2c(ccc3c(C(=O)NCCCCCCS)nnc32)[nH]1. The fourth-order valence-electron chi connectivity index (χ4n) is 2.99. The third-order valence-electron chi connectivity index (χ3n) is 4.39. The summed E-state index contributed by atoms with van der Waals surface area (Å²) in [6.45, 7) is 2.00. The number of aromatic nitrogens is 4. The topological polar surface area (TPSA) is 84.8 Å². The van der Waals surface area contributed by atoms with E-state index >= 15 is 0 Å². The van der Waals surface area contributed by atoms with Crippen LogP contribution in [0.2, 0.25) is 0 Å². The van der Waals surface area contributed by atoms with Gasteiger partial charge in [-0.15, -0.1) is 10.2 Å². The zero-order valence-corrected chi connectivity index (χ0v) is 15.9. The number of H-pyrrole nitrogens is 1. The molecule has 2 aromatic heterocycles. The molecule has 0 spiro atoms. The van der Waals surface area contributed by atoms with Crippen LogP contribution in [0.25, 0.3) is 21.8 Å². The molecule has 1 aromatic carbocycles. The third-order valence-corrected chi connectivity index (χ3v) is 4.71. The van der Waals surface area contributed by atoms with Crippen molar-refractivity contribution in [1.29, 1.82) is 0 Å². The average Bonchev–Trinajstić information content (AvgIpc) is 3.25. The number of methoxy groups -OCH3 is 1. The number of hydrogen-bond acceptors (Lipinski definition) is 5. The van der Waals surface area contributed by atoms with Crippen LogP contribution in [-0.4, -0.2) is 51.9 Å². The average molecular weight is 375 g/mol. The van der Waals surface area contributed by atoms with Crippen molar-refractivity contribution in [2.45, 2.75) is 32.2 Å². The van der Waals surface area contributed by atoms with Gasteiger partial charge in [-0.05, 0) is 30.7 Å². The van der Waals surface area contributed by atoms with Crippen molar-refractivity contribution in [2.75, 3.05) is 26.0 Å². The lowest BCUT2D eigenvalue weighted by molar-refractivity contribution is 0.0949. The third kappa shape index (κ3) is 4.19. The van der Waals surface area contributed by atoms with E-state index in [1.165, 1.54) is 0 Å². The van der Waals surface area contributed by atoms with E-state index in [4.69, 9.17) is 4.74 Å². The largest absolute Gasteiger partial charge is 0.383 e. The molecule has 1 amide bonds. The van der Waals surface area contributed by atoms with E-state index in [2.05, 4.69) is 33.2 Å². The number of unbranched alkanes of at least 4 members (excludes halogenated alkanes) is 3. The summed E-state index contributed by atoms with van der Waals surface area (Å²) in [4.78, 5) is 12.4. The Morgan fingerprint density at radius 1 is 1.23 bits per heavy atom. The van der Waals surface area contributed by atoms with Gasteiger partial charge in [0.1, 0.15) is 5.52 Å². The van der Waals surface area contributed by atoms with Gasteiger partial charge in [-0.1, -0.05) is 12.8 Å². The van der Waals surface area contributed by atoms with Crippen LogP contribution in [0.3, 0.4) is 0 Å². The van der Waals surface area contributed by atoms with Crippen LogP contribution >= 0.6 is 12.6 Å². The number of nitrogens with zero attached hydrogens (tertiary/aromatic N) is 3. The van der Waals surface area contributed by atoms with Gasteiger partial charge in [0.25, 0.3) is 5.91 Å². The number of aromatic amines is 1. The van der Waals surface area contributed by atoms with Crippen molar-refractivity contribution in [3.63, 3.8) is 0 Å². The second kappa shape index (κ2) is 9.05. The predicted molar refractivity (Wildman–Crippen MR) is 106 cm³/mol. The van der Waals surface area contributed by atoms with Crippen molar-refractivity contribution in [3.05, 3.63) is 24.0 Å². The molecule has 0 saturated heterocycles. The Hall–Kier alpha value is -2.06. The lowest BCUT2D eigenvalue weighted by Gasteiger charge is -2.03. The zero-order valence-electron chi connectivity index (χ0n) is 15.0. The van der Waals surface area contributed by atoms with Gasteiger partial charge in [-0.3, -0.25) is 14.6 Å². The highest BCUT2D eigenvalue weighted by molar-refractivity contribution is 7.80. The predicted octanol–water partition coefficient (Wildman–Crippen LogP) is 2.78. The summed E-state index contributed by atoms with van der Waals surface area (Å²) < 4.78 is 7.06. The van der Waals surface area contributed by atoms with E-state index in [1.807, 2.05) is 23.0 Å². The number of fused-ring (bicyclic) bond motifs is 3. The number of hydrogen-bond donors (Lipinski definition) is 3. The Labute approximate surface area is 157 Å². The number of ether oxygens (including phenoxy) is 1. The Kier molecular flexibility index (Phi) is 6.51. The number of thiol groups is 1. The molecule has 0 atom stereocenters. The Bertz CT molecular complexity index is 873. The van der Waals surface area contributed by atoms with Crippen LogP contribution in [0, 0.1) is 0 Å². The van der Waals surface area contributed by atoms with Gasteiger partial charge < -0.3 is 10.1 Å². The molecule has 26 heavy (non-hydrogen) atoms. The molecule has 0 fully saturated rings. The fraction of sp³-hybridized carbons (Fsp3) is 0.500. The monoisotopic (exact) mass is 375 g/mol. The fourth-order valence-corrected chi connectivity index (χ4v) is 3.21. The van der Waals surface area contributed by atoms with Gasteiger partial charge in [0.15, 0.2) is 5.69 Å². The first-order chi connectivity index (χ1) is 12.7. The molecule has 0 aliphatic carbocycles. The molecule has 3 rings (SSSR count). The standard InChI is InChI=1S/C18H25N5O2S/c1-25-10-9-23-12-14-15(22-23)7-6-13-16(14)20-21-17(13)18(24)19-8-4-2-3-5-11-26/h6-7,12,22,26H,2-5,8-11H2,1H3,(H,19,24). The van der Waals surface area contributed by atoms with Gasteiger partial charge in [0.05, 0.1) is 18.7 Å². The number of benzene rings is 1. The van der Waals surface area contributed by atoms with Crippen molar-refractivity contribution >= 4 is 40.3 Å².